The molecule has 1 aliphatic rings. The Kier molecular flexibility index (Phi) is 6.85. The number of rotatable bonds is 4. The highest BCUT2D eigenvalue weighted by molar-refractivity contribution is 5.91. The van der Waals surface area contributed by atoms with Gasteiger partial charge < -0.3 is 14.7 Å². The lowest BCUT2D eigenvalue weighted by atomic mass is 9.97. The van der Waals surface area contributed by atoms with Crippen molar-refractivity contribution in [1.82, 2.24) is 24.5 Å². The van der Waals surface area contributed by atoms with Crippen LogP contribution in [-0.4, -0.2) is 68.1 Å². The molecular weight excluding hydrogens is 409 g/mol. The Bertz CT molecular complexity index is 1070. The Labute approximate surface area is 176 Å². The van der Waals surface area contributed by atoms with Gasteiger partial charge in [0.15, 0.2) is 0 Å². The van der Waals surface area contributed by atoms with Gasteiger partial charge in [0.1, 0.15) is 5.82 Å². The van der Waals surface area contributed by atoms with Gasteiger partial charge in [-0.2, -0.15) is 4.98 Å². The monoisotopic (exact) mass is 429 g/mol. The number of amides is 1. The molecule has 1 atom stereocenters. The minimum absolute atomic E-state index is 0.0765. The summed E-state index contributed by atoms with van der Waals surface area (Å²) in [4.78, 5) is 42.7. The predicted molar refractivity (Wildman–Crippen MR) is 105 cm³/mol. The summed E-state index contributed by atoms with van der Waals surface area (Å²) >= 11 is 0. The highest BCUT2D eigenvalue weighted by atomic mass is 19.1. The molecule has 1 unspecified atom stereocenters. The molecule has 0 bridgehead atoms. The highest BCUT2D eigenvalue weighted by Crippen LogP contribution is 2.23. The molecule has 1 amide bonds. The van der Waals surface area contributed by atoms with Crippen LogP contribution in [0.25, 0.3) is 5.78 Å². The lowest BCUT2D eigenvalue weighted by Crippen LogP contribution is -2.30. The van der Waals surface area contributed by atoms with Gasteiger partial charge in [-0.1, -0.05) is 6.07 Å². The number of benzene rings is 1. The van der Waals surface area contributed by atoms with Crippen molar-refractivity contribution >= 4 is 24.1 Å². The molecule has 1 N–H and O–H groups in total. The van der Waals surface area contributed by atoms with E-state index in [1.54, 1.807) is 29.4 Å². The summed E-state index contributed by atoms with van der Waals surface area (Å²) < 4.78 is 19.9. The average molecular weight is 429 g/mol. The van der Waals surface area contributed by atoms with E-state index in [9.17, 15) is 14.0 Å². The number of hydrogen-bond acceptors (Lipinski definition) is 7. The van der Waals surface area contributed by atoms with Crippen molar-refractivity contribution in [3.8, 4) is 0 Å². The van der Waals surface area contributed by atoms with Crippen LogP contribution in [0.3, 0.4) is 0 Å². The summed E-state index contributed by atoms with van der Waals surface area (Å²) in [6.45, 7) is 0.893. The number of nitrogens with zero attached hydrogens (tertiary/aromatic N) is 5. The zero-order valence-corrected chi connectivity index (χ0v) is 16.6. The summed E-state index contributed by atoms with van der Waals surface area (Å²) in [6.07, 6.45) is 4.72. The van der Waals surface area contributed by atoms with Gasteiger partial charge in [-0.3, -0.25) is 9.59 Å². The largest absolute Gasteiger partial charge is 0.483 e. The Morgan fingerprint density at radius 2 is 2.16 bits per heavy atom. The first-order valence-electron chi connectivity index (χ1n) is 9.38. The molecule has 10 nitrogen and oxygen atoms in total. The van der Waals surface area contributed by atoms with Gasteiger partial charge in [0.2, 0.25) is 5.82 Å². The van der Waals surface area contributed by atoms with E-state index in [1.807, 2.05) is 0 Å². The third-order valence-electron chi connectivity index (χ3n) is 4.84. The molecule has 4 rings (SSSR count). The fourth-order valence-electron chi connectivity index (χ4n) is 3.45. The van der Waals surface area contributed by atoms with Gasteiger partial charge in [0.25, 0.3) is 18.2 Å². The van der Waals surface area contributed by atoms with Gasteiger partial charge in [0.05, 0.1) is 12.7 Å². The van der Waals surface area contributed by atoms with Crippen LogP contribution in [0, 0.1) is 11.7 Å². The van der Waals surface area contributed by atoms with Gasteiger partial charge >= 0.3 is 5.97 Å². The molecule has 1 saturated heterocycles. The Morgan fingerprint density at radius 3 is 2.87 bits per heavy atom. The fourth-order valence-corrected chi connectivity index (χ4v) is 3.45. The van der Waals surface area contributed by atoms with E-state index < -0.39 is 11.8 Å². The van der Waals surface area contributed by atoms with Gasteiger partial charge in [-0.15, -0.1) is 5.10 Å². The number of esters is 1. The average Bonchev–Trinajstić information content (AvgIpc) is 3.41. The van der Waals surface area contributed by atoms with Gasteiger partial charge in [-0.25, -0.2) is 18.7 Å². The molecule has 1 aliphatic heterocycles. The van der Waals surface area contributed by atoms with Crippen LogP contribution in [0.4, 0.5) is 4.39 Å². The molecule has 31 heavy (non-hydrogen) atoms. The van der Waals surface area contributed by atoms with E-state index >= 15 is 0 Å². The number of fused-ring (bicyclic) bond motifs is 1. The maximum absolute atomic E-state index is 13.8. The molecule has 2 aromatic heterocycles. The first-order valence-corrected chi connectivity index (χ1v) is 9.38. The molecule has 1 fully saturated rings. The van der Waals surface area contributed by atoms with Crippen molar-refractivity contribution in [3.05, 3.63) is 59.4 Å². The van der Waals surface area contributed by atoms with Crippen LogP contribution >= 0.6 is 0 Å². The smallest absolute Gasteiger partial charge is 0.340 e. The standard InChI is InChI=1S/C19H18FN5O3.CH2O2/c1-28-18(27)14-10-12(3-4-15(14)20)9-13-5-8-24(11-13)17(26)16-22-19-21-6-2-7-25(19)23-16;2-1-3/h2-4,6-7,10,13H,5,8-9,11H2,1H3;1H,(H,2,3). The third kappa shape index (κ3) is 5.00. The zero-order valence-electron chi connectivity index (χ0n) is 16.6. The maximum Gasteiger partial charge on any atom is 0.340 e. The van der Waals surface area contributed by atoms with Crippen LogP contribution in [0.5, 0.6) is 0 Å². The van der Waals surface area contributed by atoms with Crippen molar-refractivity contribution in [2.24, 2.45) is 5.92 Å². The molecule has 0 saturated carbocycles. The van der Waals surface area contributed by atoms with Crippen molar-refractivity contribution in [3.63, 3.8) is 0 Å². The van der Waals surface area contributed by atoms with Crippen molar-refractivity contribution in [2.45, 2.75) is 12.8 Å². The minimum Gasteiger partial charge on any atom is -0.483 e. The summed E-state index contributed by atoms with van der Waals surface area (Å²) in [7, 11) is 1.22. The number of hydrogen-bond donors (Lipinski definition) is 1. The maximum atomic E-state index is 13.8. The number of likely N-dealkylation sites (tertiary alicyclic amines) is 1. The second-order valence-electron chi connectivity index (χ2n) is 6.82. The van der Waals surface area contributed by atoms with Gasteiger partial charge in [-0.05, 0) is 42.5 Å². The first-order chi connectivity index (χ1) is 15.0. The van der Waals surface area contributed by atoms with Crippen LogP contribution in [-0.2, 0) is 16.0 Å². The van der Waals surface area contributed by atoms with E-state index in [2.05, 4.69) is 19.8 Å². The van der Waals surface area contributed by atoms with E-state index in [-0.39, 0.29) is 29.7 Å². The molecule has 162 valence electrons. The molecule has 3 heterocycles. The Hall–Kier alpha value is -3.89. The molecule has 3 aromatic rings. The number of aromatic nitrogens is 4. The first kappa shape index (κ1) is 21.8. The fraction of sp³-hybridized carbons (Fsp3) is 0.300. The van der Waals surface area contributed by atoms with Crippen LogP contribution in [0.15, 0.2) is 36.7 Å². The number of methoxy groups -OCH3 is 1. The van der Waals surface area contributed by atoms with E-state index in [4.69, 9.17) is 9.90 Å². The van der Waals surface area contributed by atoms with E-state index in [0.29, 0.717) is 25.3 Å². The number of carboxylic acid groups (broad SMARTS) is 1. The summed E-state index contributed by atoms with van der Waals surface area (Å²) in [6, 6.07) is 6.16. The molecule has 0 aliphatic carbocycles. The quantitative estimate of drug-likeness (QED) is 0.488. The minimum atomic E-state index is -0.700. The summed E-state index contributed by atoms with van der Waals surface area (Å²) in [5.41, 5.74) is 0.753. The SMILES string of the molecule is COC(=O)c1cc(CC2CCN(C(=O)c3nc4ncccn4n3)C2)ccc1F.O=CO. The normalized spacial score (nSPS) is 15.3. The molecular formula is C20H20FN5O5. The number of carbonyl (C=O) groups is 3. The second kappa shape index (κ2) is 9.74. The molecule has 0 spiro atoms. The van der Waals surface area contributed by atoms with Crippen molar-refractivity contribution in [1.29, 1.82) is 0 Å². The molecule has 0 radical (unpaired) electrons. The van der Waals surface area contributed by atoms with Crippen LogP contribution < -0.4 is 0 Å². The van der Waals surface area contributed by atoms with E-state index in [0.717, 1.165) is 12.0 Å². The molecule has 11 heteroatoms. The Morgan fingerprint density at radius 1 is 1.39 bits per heavy atom. The lowest BCUT2D eigenvalue weighted by molar-refractivity contribution is -0.122. The molecule has 1 aromatic carbocycles. The predicted octanol–water partition coefficient (Wildman–Crippen LogP) is 1.46. The van der Waals surface area contributed by atoms with Gasteiger partial charge in [0, 0.05) is 25.5 Å². The lowest BCUT2D eigenvalue weighted by Gasteiger charge is -2.15. The Balaban J connectivity index is 0.000000858. The summed E-state index contributed by atoms with van der Waals surface area (Å²) in [5.74, 6) is -0.839. The number of ether oxygens (including phenoxy) is 1. The van der Waals surface area contributed by atoms with Crippen molar-refractivity contribution < 1.29 is 28.6 Å². The van der Waals surface area contributed by atoms with Crippen LogP contribution in [0.2, 0.25) is 0 Å². The van der Waals surface area contributed by atoms with Crippen LogP contribution in [0.1, 0.15) is 33.0 Å². The third-order valence-corrected chi connectivity index (χ3v) is 4.84. The number of halogens is 1. The second-order valence-corrected chi connectivity index (χ2v) is 6.82. The number of carbonyl (C=O) groups excluding carboxylic acids is 2. The van der Waals surface area contributed by atoms with Crippen molar-refractivity contribution in [2.75, 3.05) is 20.2 Å². The topological polar surface area (TPSA) is 127 Å². The zero-order chi connectivity index (χ0) is 22.4. The highest BCUT2D eigenvalue weighted by Gasteiger charge is 2.29. The summed E-state index contributed by atoms with van der Waals surface area (Å²) in [5, 5.41) is 11.1. The van der Waals surface area contributed by atoms with E-state index in [1.165, 1.54) is 23.8 Å².